The summed E-state index contributed by atoms with van der Waals surface area (Å²) in [6.45, 7) is 1.78. The number of benzene rings is 1. The molecule has 0 saturated carbocycles. The van der Waals surface area contributed by atoms with E-state index in [4.69, 9.17) is 14.2 Å². The van der Waals surface area contributed by atoms with Gasteiger partial charge in [0.25, 0.3) is 5.91 Å². The fourth-order valence-electron chi connectivity index (χ4n) is 2.65. The summed E-state index contributed by atoms with van der Waals surface area (Å²) in [7, 11) is 1.63. The first-order valence-corrected chi connectivity index (χ1v) is 6.95. The van der Waals surface area contributed by atoms with E-state index in [-0.39, 0.29) is 18.1 Å². The second-order valence-corrected chi connectivity index (χ2v) is 5.17. The maximum Gasteiger partial charge on any atom is 0.251 e. The van der Waals surface area contributed by atoms with Crippen LogP contribution in [-0.4, -0.2) is 45.0 Å². The molecule has 2 aliphatic heterocycles. The van der Waals surface area contributed by atoms with E-state index in [0.717, 1.165) is 30.8 Å². The lowest BCUT2D eigenvalue weighted by atomic mass is 10.0. The smallest absolute Gasteiger partial charge is 0.251 e. The number of methoxy groups -OCH3 is 1. The van der Waals surface area contributed by atoms with Gasteiger partial charge in [-0.3, -0.25) is 4.79 Å². The third kappa shape index (κ3) is 2.64. The van der Waals surface area contributed by atoms with E-state index in [1.807, 2.05) is 12.1 Å². The Morgan fingerprint density at radius 2 is 2.30 bits per heavy atom. The quantitative estimate of drug-likeness (QED) is 0.900. The number of carbonyl (C=O) groups excluding carboxylic acids is 1. The molecular weight excluding hydrogens is 258 g/mol. The van der Waals surface area contributed by atoms with Gasteiger partial charge >= 0.3 is 0 Å². The summed E-state index contributed by atoms with van der Waals surface area (Å²) in [5.74, 6) is 0.808. The lowest BCUT2D eigenvalue weighted by Crippen LogP contribution is -2.43. The van der Waals surface area contributed by atoms with Crippen molar-refractivity contribution in [1.82, 2.24) is 5.32 Å². The Balaban J connectivity index is 1.71. The Hall–Kier alpha value is -1.59. The Labute approximate surface area is 118 Å². The number of nitrogens with one attached hydrogen (secondary N) is 1. The summed E-state index contributed by atoms with van der Waals surface area (Å²) < 4.78 is 16.2. The molecule has 2 atom stereocenters. The number of carbonyl (C=O) groups is 1. The molecule has 1 fully saturated rings. The largest absolute Gasteiger partial charge is 0.493 e. The molecule has 1 N–H and O–H groups in total. The Morgan fingerprint density at radius 3 is 3.15 bits per heavy atom. The van der Waals surface area contributed by atoms with Gasteiger partial charge < -0.3 is 19.5 Å². The highest BCUT2D eigenvalue weighted by Gasteiger charge is 2.29. The zero-order chi connectivity index (χ0) is 13.9. The molecule has 0 aromatic heterocycles. The van der Waals surface area contributed by atoms with Crippen molar-refractivity contribution in [2.24, 2.45) is 0 Å². The van der Waals surface area contributed by atoms with Crippen LogP contribution in [0.15, 0.2) is 18.2 Å². The molecule has 1 aromatic rings. The van der Waals surface area contributed by atoms with Crippen molar-refractivity contribution in [2.75, 3.05) is 26.9 Å². The van der Waals surface area contributed by atoms with Crippen LogP contribution in [0.25, 0.3) is 0 Å². The van der Waals surface area contributed by atoms with Gasteiger partial charge in [0.05, 0.1) is 25.9 Å². The van der Waals surface area contributed by atoms with Gasteiger partial charge in [-0.15, -0.1) is 0 Å². The predicted molar refractivity (Wildman–Crippen MR) is 73.1 cm³/mol. The van der Waals surface area contributed by atoms with Gasteiger partial charge in [0.1, 0.15) is 11.9 Å². The maximum atomic E-state index is 12.3. The molecule has 5 heteroatoms. The number of rotatable bonds is 3. The number of hydrogen-bond acceptors (Lipinski definition) is 4. The van der Waals surface area contributed by atoms with Crippen molar-refractivity contribution >= 4 is 5.91 Å². The molecule has 0 bridgehead atoms. The first-order valence-electron chi connectivity index (χ1n) is 6.95. The Morgan fingerprint density at radius 1 is 1.40 bits per heavy atom. The summed E-state index contributed by atoms with van der Waals surface area (Å²) >= 11 is 0. The normalized spacial score (nSPS) is 24.9. The Bertz CT molecular complexity index is 503. The summed E-state index contributed by atoms with van der Waals surface area (Å²) in [5.41, 5.74) is 1.77. The lowest BCUT2D eigenvalue weighted by molar-refractivity contribution is 0.0685. The monoisotopic (exact) mass is 277 g/mol. The van der Waals surface area contributed by atoms with E-state index in [1.165, 1.54) is 0 Å². The van der Waals surface area contributed by atoms with Gasteiger partial charge in [0, 0.05) is 12.7 Å². The minimum Gasteiger partial charge on any atom is -0.493 e. The van der Waals surface area contributed by atoms with Crippen molar-refractivity contribution in [3.8, 4) is 5.75 Å². The van der Waals surface area contributed by atoms with E-state index in [2.05, 4.69) is 5.32 Å². The van der Waals surface area contributed by atoms with Crippen LogP contribution in [0.2, 0.25) is 0 Å². The van der Waals surface area contributed by atoms with Crippen LogP contribution in [0, 0.1) is 0 Å². The summed E-state index contributed by atoms with van der Waals surface area (Å²) in [6, 6.07) is 5.51. The molecule has 0 unspecified atom stereocenters. The van der Waals surface area contributed by atoms with Crippen LogP contribution >= 0.6 is 0 Å². The van der Waals surface area contributed by atoms with Gasteiger partial charge in [0.15, 0.2) is 0 Å². The van der Waals surface area contributed by atoms with Crippen LogP contribution in [0.4, 0.5) is 0 Å². The molecule has 1 amide bonds. The van der Waals surface area contributed by atoms with Crippen LogP contribution in [0.5, 0.6) is 5.75 Å². The summed E-state index contributed by atoms with van der Waals surface area (Å²) in [4.78, 5) is 12.3. The molecule has 0 spiro atoms. The molecule has 1 aromatic carbocycles. The predicted octanol–water partition coefficient (Wildman–Crippen LogP) is 1.16. The highest BCUT2D eigenvalue weighted by molar-refractivity contribution is 5.94. The fraction of sp³-hybridized carbons (Fsp3) is 0.533. The molecule has 2 aliphatic rings. The molecule has 20 heavy (non-hydrogen) atoms. The maximum absolute atomic E-state index is 12.3. The number of ether oxygens (including phenoxy) is 3. The molecule has 0 aliphatic carbocycles. The Kier molecular flexibility index (Phi) is 3.89. The van der Waals surface area contributed by atoms with Crippen molar-refractivity contribution in [3.63, 3.8) is 0 Å². The van der Waals surface area contributed by atoms with Gasteiger partial charge in [-0.05, 0) is 36.6 Å². The standard InChI is InChI=1S/C15H19NO4/c1-18-14-9-19-8-12(14)16-15(17)11-4-5-13-10(7-11)3-2-6-20-13/h4-5,7,12,14H,2-3,6,8-9H2,1H3,(H,16,17)/t12-,14-/m0/s1. The zero-order valence-corrected chi connectivity index (χ0v) is 11.6. The second kappa shape index (κ2) is 5.81. The molecular formula is C15H19NO4. The van der Waals surface area contributed by atoms with Gasteiger partial charge in [0.2, 0.25) is 0 Å². The number of hydrogen-bond donors (Lipinski definition) is 1. The van der Waals surface area contributed by atoms with E-state index in [1.54, 1.807) is 13.2 Å². The zero-order valence-electron chi connectivity index (χ0n) is 11.6. The van der Waals surface area contributed by atoms with E-state index in [9.17, 15) is 4.79 Å². The molecule has 5 nitrogen and oxygen atoms in total. The molecule has 2 heterocycles. The SMILES string of the molecule is CO[C@H]1COC[C@@H]1NC(=O)c1ccc2c(c1)CCCO2. The average molecular weight is 277 g/mol. The number of aryl methyl sites for hydroxylation is 1. The van der Waals surface area contributed by atoms with E-state index >= 15 is 0 Å². The molecule has 3 rings (SSSR count). The fourth-order valence-corrected chi connectivity index (χ4v) is 2.65. The van der Waals surface area contributed by atoms with Crippen molar-refractivity contribution in [3.05, 3.63) is 29.3 Å². The second-order valence-electron chi connectivity index (χ2n) is 5.17. The minimum atomic E-state index is -0.0871. The van der Waals surface area contributed by atoms with Crippen LogP contribution < -0.4 is 10.1 Å². The van der Waals surface area contributed by atoms with Crippen molar-refractivity contribution < 1.29 is 19.0 Å². The summed E-state index contributed by atoms with van der Waals surface area (Å²) in [6.07, 6.45) is 1.89. The number of amides is 1. The average Bonchev–Trinajstić information content (AvgIpc) is 2.94. The highest BCUT2D eigenvalue weighted by atomic mass is 16.5. The van der Waals surface area contributed by atoms with E-state index < -0.39 is 0 Å². The van der Waals surface area contributed by atoms with Crippen molar-refractivity contribution in [2.45, 2.75) is 25.0 Å². The van der Waals surface area contributed by atoms with Crippen LogP contribution in [0.3, 0.4) is 0 Å². The topological polar surface area (TPSA) is 56.8 Å². The van der Waals surface area contributed by atoms with Gasteiger partial charge in [-0.2, -0.15) is 0 Å². The molecule has 1 saturated heterocycles. The van der Waals surface area contributed by atoms with Gasteiger partial charge in [-0.25, -0.2) is 0 Å². The van der Waals surface area contributed by atoms with E-state index in [0.29, 0.717) is 18.8 Å². The van der Waals surface area contributed by atoms with Crippen LogP contribution in [0.1, 0.15) is 22.3 Å². The van der Waals surface area contributed by atoms with Gasteiger partial charge in [-0.1, -0.05) is 0 Å². The van der Waals surface area contributed by atoms with Crippen molar-refractivity contribution in [1.29, 1.82) is 0 Å². The van der Waals surface area contributed by atoms with Crippen LogP contribution in [-0.2, 0) is 15.9 Å². The molecule has 0 radical (unpaired) electrons. The first-order chi connectivity index (χ1) is 9.78. The number of fused-ring (bicyclic) bond motifs is 1. The lowest BCUT2D eigenvalue weighted by Gasteiger charge is -2.20. The highest BCUT2D eigenvalue weighted by Crippen LogP contribution is 2.25. The summed E-state index contributed by atoms with van der Waals surface area (Å²) in [5, 5.41) is 2.97. The third-order valence-electron chi connectivity index (χ3n) is 3.82. The third-order valence-corrected chi connectivity index (χ3v) is 3.82. The molecule has 108 valence electrons. The minimum absolute atomic E-state index is 0.0695. The first kappa shape index (κ1) is 13.4.